The van der Waals surface area contributed by atoms with E-state index in [0.29, 0.717) is 5.92 Å². The molecule has 0 saturated carbocycles. The SMILES string of the molecule is Cc1cc(-c2ncc(C)[nH]2)nc([C@@H]2CCCN(Cc3ccc(F)cc3)C2)n1. The number of hydrogen-bond acceptors (Lipinski definition) is 4. The number of H-pyrrole nitrogens is 1. The van der Waals surface area contributed by atoms with Gasteiger partial charge in [0.25, 0.3) is 0 Å². The van der Waals surface area contributed by atoms with Gasteiger partial charge in [0, 0.05) is 36.6 Å². The van der Waals surface area contributed by atoms with Gasteiger partial charge in [-0.2, -0.15) is 0 Å². The molecule has 2 aromatic heterocycles. The molecule has 140 valence electrons. The second-order valence-corrected chi connectivity index (χ2v) is 7.37. The number of imidazole rings is 1. The van der Waals surface area contributed by atoms with Gasteiger partial charge >= 0.3 is 0 Å². The molecule has 0 radical (unpaired) electrons. The topological polar surface area (TPSA) is 57.7 Å². The smallest absolute Gasteiger partial charge is 0.156 e. The van der Waals surface area contributed by atoms with Crippen molar-refractivity contribution in [2.45, 2.75) is 39.2 Å². The van der Waals surface area contributed by atoms with E-state index >= 15 is 0 Å². The first-order valence-corrected chi connectivity index (χ1v) is 9.41. The van der Waals surface area contributed by atoms with Crippen molar-refractivity contribution in [3.05, 3.63) is 65.1 Å². The molecule has 3 heterocycles. The molecule has 5 nitrogen and oxygen atoms in total. The van der Waals surface area contributed by atoms with Gasteiger partial charge in [0.15, 0.2) is 5.82 Å². The van der Waals surface area contributed by atoms with Crippen LogP contribution in [0.3, 0.4) is 0 Å². The average Bonchev–Trinajstić information content (AvgIpc) is 3.10. The largest absolute Gasteiger partial charge is 0.341 e. The minimum Gasteiger partial charge on any atom is -0.341 e. The lowest BCUT2D eigenvalue weighted by Crippen LogP contribution is -2.34. The Morgan fingerprint density at radius 2 is 2.00 bits per heavy atom. The van der Waals surface area contributed by atoms with Crippen LogP contribution in [0.4, 0.5) is 4.39 Å². The molecule has 0 aliphatic carbocycles. The Morgan fingerprint density at radius 1 is 1.19 bits per heavy atom. The molecule has 3 aromatic rings. The van der Waals surface area contributed by atoms with Crippen molar-refractivity contribution >= 4 is 0 Å². The highest BCUT2D eigenvalue weighted by Crippen LogP contribution is 2.27. The molecule has 1 N–H and O–H groups in total. The minimum absolute atomic E-state index is 0.191. The summed E-state index contributed by atoms with van der Waals surface area (Å²) >= 11 is 0. The van der Waals surface area contributed by atoms with Crippen molar-refractivity contribution in [1.82, 2.24) is 24.8 Å². The molecule has 4 rings (SSSR count). The normalized spacial score (nSPS) is 18.0. The summed E-state index contributed by atoms with van der Waals surface area (Å²) in [6.07, 6.45) is 4.01. The maximum Gasteiger partial charge on any atom is 0.156 e. The Bertz CT molecular complexity index is 919. The predicted molar refractivity (Wildman–Crippen MR) is 103 cm³/mol. The molecule has 27 heavy (non-hydrogen) atoms. The van der Waals surface area contributed by atoms with Crippen LogP contribution in [0.2, 0.25) is 0 Å². The molecular formula is C21H24FN5. The number of likely N-dealkylation sites (tertiary alicyclic amines) is 1. The zero-order valence-corrected chi connectivity index (χ0v) is 15.7. The van der Waals surface area contributed by atoms with Crippen LogP contribution in [0.25, 0.3) is 11.5 Å². The first kappa shape index (κ1) is 17.8. The van der Waals surface area contributed by atoms with E-state index < -0.39 is 0 Å². The summed E-state index contributed by atoms with van der Waals surface area (Å²) in [6, 6.07) is 8.75. The summed E-state index contributed by atoms with van der Waals surface area (Å²) < 4.78 is 13.1. The molecule has 0 bridgehead atoms. The van der Waals surface area contributed by atoms with Gasteiger partial charge in [0.2, 0.25) is 0 Å². The third-order valence-corrected chi connectivity index (χ3v) is 5.01. The monoisotopic (exact) mass is 365 g/mol. The van der Waals surface area contributed by atoms with Crippen molar-refractivity contribution in [2.75, 3.05) is 13.1 Å². The van der Waals surface area contributed by atoms with Gasteiger partial charge in [-0.25, -0.2) is 19.3 Å². The second-order valence-electron chi connectivity index (χ2n) is 7.37. The summed E-state index contributed by atoms with van der Waals surface area (Å²) in [4.78, 5) is 19.6. The first-order chi connectivity index (χ1) is 13.1. The Labute approximate surface area is 158 Å². The van der Waals surface area contributed by atoms with Crippen molar-refractivity contribution in [1.29, 1.82) is 0 Å². The van der Waals surface area contributed by atoms with E-state index in [1.54, 1.807) is 0 Å². The van der Waals surface area contributed by atoms with E-state index in [-0.39, 0.29) is 5.82 Å². The summed E-state index contributed by atoms with van der Waals surface area (Å²) in [5, 5.41) is 0. The number of nitrogens with one attached hydrogen (secondary N) is 1. The number of benzene rings is 1. The zero-order valence-electron chi connectivity index (χ0n) is 15.7. The predicted octanol–water partition coefficient (Wildman–Crippen LogP) is 4.00. The first-order valence-electron chi connectivity index (χ1n) is 9.41. The highest BCUT2D eigenvalue weighted by molar-refractivity contribution is 5.50. The summed E-state index contributed by atoms with van der Waals surface area (Å²) in [7, 11) is 0. The fraction of sp³-hybridized carbons (Fsp3) is 0.381. The van der Waals surface area contributed by atoms with Crippen LogP contribution in [0, 0.1) is 19.7 Å². The fourth-order valence-corrected chi connectivity index (χ4v) is 3.70. The van der Waals surface area contributed by atoms with E-state index in [1.807, 2.05) is 38.2 Å². The quantitative estimate of drug-likeness (QED) is 0.759. The third kappa shape index (κ3) is 4.22. The number of aryl methyl sites for hydroxylation is 2. The highest BCUT2D eigenvalue weighted by atomic mass is 19.1. The molecular weight excluding hydrogens is 341 g/mol. The number of rotatable bonds is 4. The summed E-state index contributed by atoms with van der Waals surface area (Å²) in [5.74, 6) is 1.79. The van der Waals surface area contributed by atoms with E-state index in [4.69, 9.17) is 9.97 Å². The summed E-state index contributed by atoms with van der Waals surface area (Å²) in [6.45, 7) is 6.78. The number of piperidine rings is 1. The molecule has 0 unspecified atom stereocenters. The van der Waals surface area contributed by atoms with Gasteiger partial charge in [-0.05, 0) is 57.0 Å². The Kier molecular flexibility index (Phi) is 4.99. The van der Waals surface area contributed by atoms with Crippen LogP contribution >= 0.6 is 0 Å². The molecule has 1 aromatic carbocycles. The second kappa shape index (κ2) is 7.56. The molecule has 0 spiro atoms. The van der Waals surface area contributed by atoms with Gasteiger partial charge in [-0.1, -0.05) is 12.1 Å². The average molecular weight is 365 g/mol. The molecule has 1 aliphatic rings. The number of aromatic amines is 1. The molecule has 1 atom stereocenters. The lowest BCUT2D eigenvalue weighted by molar-refractivity contribution is 0.196. The number of halogens is 1. The van der Waals surface area contributed by atoms with E-state index in [9.17, 15) is 4.39 Å². The van der Waals surface area contributed by atoms with Crippen LogP contribution in [-0.4, -0.2) is 37.9 Å². The zero-order chi connectivity index (χ0) is 18.8. The lowest BCUT2D eigenvalue weighted by atomic mass is 9.96. The van der Waals surface area contributed by atoms with Crippen LogP contribution < -0.4 is 0 Å². The van der Waals surface area contributed by atoms with E-state index in [1.165, 1.54) is 12.1 Å². The Morgan fingerprint density at radius 3 is 2.74 bits per heavy atom. The van der Waals surface area contributed by atoms with Crippen molar-refractivity contribution in [3.8, 4) is 11.5 Å². The van der Waals surface area contributed by atoms with Gasteiger partial charge < -0.3 is 4.98 Å². The maximum atomic E-state index is 13.1. The third-order valence-electron chi connectivity index (χ3n) is 5.01. The maximum absolute atomic E-state index is 13.1. The number of nitrogens with zero attached hydrogens (tertiary/aromatic N) is 4. The van der Waals surface area contributed by atoms with Crippen LogP contribution in [0.5, 0.6) is 0 Å². The molecule has 0 amide bonds. The molecule has 1 saturated heterocycles. The lowest BCUT2D eigenvalue weighted by Gasteiger charge is -2.32. The standard InChI is InChI=1S/C21H24FN5/c1-14-10-19(21-23-11-15(2)25-21)26-20(24-14)17-4-3-9-27(13-17)12-16-5-7-18(22)8-6-16/h5-8,10-11,17H,3-4,9,12-13H2,1-2H3,(H,23,25)/t17-/m1/s1. The van der Waals surface area contributed by atoms with Gasteiger partial charge in [-0.15, -0.1) is 0 Å². The number of hydrogen-bond donors (Lipinski definition) is 1. The molecule has 6 heteroatoms. The van der Waals surface area contributed by atoms with E-state index in [2.05, 4.69) is 14.9 Å². The van der Waals surface area contributed by atoms with E-state index in [0.717, 1.165) is 66.8 Å². The van der Waals surface area contributed by atoms with Crippen LogP contribution in [0.1, 0.15) is 41.5 Å². The van der Waals surface area contributed by atoms with Crippen molar-refractivity contribution in [2.24, 2.45) is 0 Å². The van der Waals surface area contributed by atoms with Crippen molar-refractivity contribution in [3.63, 3.8) is 0 Å². The minimum atomic E-state index is -0.191. The van der Waals surface area contributed by atoms with Gasteiger partial charge in [0.1, 0.15) is 17.3 Å². The molecule has 1 fully saturated rings. The van der Waals surface area contributed by atoms with Crippen LogP contribution in [0.15, 0.2) is 36.5 Å². The Hall–Kier alpha value is -2.60. The van der Waals surface area contributed by atoms with Gasteiger partial charge in [-0.3, -0.25) is 4.90 Å². The number of aromatic nitrogens is 4. The van der Waals surface area contributed by atoms with Crippen LogP contribution in [-0.2, 0) is 6.54 Å². The fourth-order valence-electron chi connectivity index (χ4n) is 3.70. The highest BCUT2D eigenvalue weighted by Gasteiger charge is 2.24. The van der Waals surface area contributed by atoms with Crippen molar-refractivity contribution < 1.29 is 4.39 Å². The molecule has 1 aliphatic heterocycles. The summed E-state index contributed by atoms with van der Waals surface area (Å²) in [5.41, 5.74) is 3.96. The van der Waals surface area contributed by atoms with Gasteiger partial charge in [0.05, 0.1) is 0 Å². The Balaban J connectivity index is 1.52.